The summed E-state index contributed by atoms with van der Waals surface area (Å²) < 4.78 is 0. The molecule has 2 heteroatoms. The number of H-pyrrole nitrogens is 1. The zero-order chi connectivity index (χ0) is 9.64. The van der Waals surface area contributed by atoms with E-state index in [1.165, 1.54) is 11.3 Å². The van der Waals surface area contributed by atoms with Crippen LogP contribution < -0.4 is 0 Å². The molecular weight excluding hydrogens is 162 g/mol. The average molecular weight is 177 g/mol. The lowest BCUT2D eigenvalue weighted by atomic mass is 9.90. The van der Waals surface area contributed by atoms with Gasteiger partial charge < -0.3 is 4.98 Å². The number of aromatic nitrogens is 1. The van der Waals surface area contributed by atoms with Crippen LogP contribution in [0.3, 0.4) is 0 Å². The van der Waals surface area contributed by atoms with Crippen LogP contribution in [0, 0.1) is 5.41 Å². The van der Waals surface area contributed by atoms with Gasteiger partial charge in [-0.1, -0.05) is 13.8 Å². The van der Waals surface area contributed by atoms with Gasteiger partial charge in [-0.15, -0.1) is 0 Å². The van der Waals surface area contributed by atoms with E-state index in [0.29, 0.717) is 5.41 Å². The van der Waals surface area contributed by atoms with Crippen LogP contribution >= 0.6 is 0 Å². The zero-order valence-electron chi connectivity index (χ0n) is 8.40. The molecule has 0 atom stereocenters. The number of fused-ring (bicyclic) bond motifs is 1. The van der Waals surface area contributed by atoms with E-state index in [2.05, 4.69) is 18.8 Å². The molecule has 1 aromatic heterocycles. The van der Waals surface area contributed by atoms with Crippen molar-refractivity contribution in [3.8, 4) is 0 Å². The van der Waals surface area contributed by atoms with Crippen LogP contribution in [0.15, 0.2) is 6.07 Å². The Hall–Kier alpha value is -1.05. The van der Waals surface area contributed by atoms with E-state index < -0.39 is 0 Å². The predicted molar refractivity (Wildman–Crippen MR) is 52.0 cm³/mol. The van der Waals surface area contributed by atoms with Gasteiger partial charge in [0, 0.05) is 12.6 Å². The molecule has 0 bridgehead atoms. The summed E-state index contributed by atoms with van der Waals surface area (Å²) >= 11 is 0. The second kappa shape index (κ2) is 2.47. The second-order valence-electron chi connectivity index (χ2n) is 4.76. The standard InChI is InChI=1S/C11H15NO/c1-7(13)9-4-8-5-11(2,3)6-10(8)12-9/h4,12H,5-6H2,1-3H3. The number of hydrogen-bond donors (Lipinski definition) is 1. The molecule has 0 aliphatic heterocycles. The molecule has 1 N–H and O–H groups in total. The topological polar surface area (TPSA) is 32.9 Å². The monoisotopic (exact) mass is 177 g/mol. The predicted octanol–water partition coefficient (Wildman–Crippen LogP) is 2.34. The van der Waals surface area contributed by atoms with Crippen molar-refractivity contribution in [2.75, 3.05) is 0 Å². The molecule has 2 rings (SSSR count). The first kappa shape index (κ1) is 8.54. The Morgan fingerprint density at radius 3 is 2.69 bits per heavy atom. The Kier molecular flexibility index (Phi) is 1.62. The van der Waals surface area contributed by atoms with Crippen molar-refractivity contribution in [1.82, 2.24) is 4.98 Å². The van der Waals surface area contributed by atoms with Gasteiger partial charge in [-0.05, 0) is 29.9 Å². The van der Waals surface area contributed by atoms with Crippen LogP contribution in [-0.2, 0) is 12.8 Å². The highest BCUT2D eigenvalue weighted by Gasteiger charge is 2.30. The van der Waals surface area contributed by atoms with Crippen molar-refractivity contribution in [3.05, 3.63) is 23.0 Å². The van der Waals surface area contributed by atoms with Gasteiger partial charge in [0.05, 0.1) is 5.69 Å². The maximum atomic E-state index is 11.1. The third-order valence-corrected chi connectivity index (χ3v) is 2.70. The summed E-state index contributed by atoms with van der Waals surface area (Å²) in [6.45, 7) is 6.12. The molecule has 1 heterocycles. The maximum Gasteiger partial charge on any atom is 0.175 e. The summed E-state index contributed by atoms with van der Waals surface area (Å²) in [7, 11) is 0. The molecule has 70 valence electrons. The number of Topliss-reactive ketones (excluding diaryl/α,β-unsaturated/α-hetero) is 1. The van der Waals surface area contributed by atoms with Gasteiger partial charge in [0.1, 0.15) is 0 Å². The smallest absolute Gasteiger partial charge is 0.175 e. The lowest BCUT2D eigenvalue weighted by Crippen LogP contribution is -2.11. The minimum Gasteiger partial charge on any atom is -0.356 e. The van der Waals surface area contributed by atoms with Crippen molar-refractivity contribution >= 4 is 5.78 Å². The van der Waals surface area contributed by atoms with Crippen molar-refractivity contribution < 1.29 is 4.79 Å². The number of hydrogen-bond acceptors (Lipinski definition) is 1. The third kappa shape index (κ3) is 1.41. The molecule has 13 heavy (non-hydrogen) atoms. The Bertz CT molecular complexity index is 335. The van der Waals surface area contributed by atoms with Crippen LogP contribution in [-0.4, -0.2) is 10.8 Å². The van der Waals surface area contributed by atoms with Crippen molar-refractivity contribution in [2.24, 2.45) is 5.41 Å². The van der Waals surface area contributed by atoms with Crippen LogP contribution in [0.4, 0.5) is 0 Å². The minimum atomic E-state index is 0.132. The second-order valence-corrected chi connectivity index (χ2v) is 4.76. The number of carbonyl (C=O) groups is 1. The molecule has 2 nitrogen and oxygen atoms in total. The van der Waals surface area contributed by atoms with Gasteiger partial charge in [-0.3, -0.25) is 4.79 Å². The zero-order valence-corrected chi connectivity index (χ0v) is 8.40. The maximum absolute atomic E-state index is 11.1. The van der Waals surface area contributed by atoms with Crippen molar-refractivity contribution in [1.29, 1.82) is 0 Å². The van der Waals surface area contributed by atoms with Crippen molar-refractivity contribution in [3.63, 3.8) is 0 Å². The molecule has 0 fully saturated rings. The van der Waals surface area contributed by atoms with Crippen LogP contribution in [0.1, 0.15) is 42.5 Å². The van der Waals surface area contributed by atoms with Gasteiger partial charge in [0.25, 0.3) is 0 Å². The first-order chi connectivity index (χ1) is 5.98. The number of aromatic amines is 1. The molecule has 0 saturated carbocycles. The highest BCUT2D eigenvalue weighted by atomic mass is 16.1. The molecule has 0 aromatic carbocycles. The Labute approximate surface area is 78.4 Å². The quantitative estimate of drug-likeness (QED) is 0.656. The molecule has 0 amide bonds. The van der Waals surface area contributed by atoms with Crippen molar-refractivity contribution in [2.45, 2.75) is 33.6 Å². The fraction of sp³-hybridized carbons (Fsp3) is 0.545. The highest BCUT2D eigenvalue weighted by Crippen LogP contribution is 2.36. The largest absolute Gasteiger partial charge is 0.356 e. The van der Waals surface area contributed by atoms with E-state index in [-0.39, 0.29) is 5.78 Å². The highest BCUT2D eigenvalue weighted by molar-refractivity contribution is 5.92. The molecular formula is C11H15NO. The summed E-state index contributed by atoms with van der Waals surface area (Å²) in [5.41, 5.74) is 3.72. The Balaban J connectivity index is 2.34. The van der Waals surface area contributed by atoms with Crippen LogP contribution in [0.2, 0.25) is 0 Å². The van der Waals surface area contributed by atoms with Gasteiger partial charge in [-0.25, -0.2) is 0 Å². The summed E-state index contributed by atoms with van der Waals surface area (Å²) in [5, 5.41) is 0. The van der Waals surface area contributed by atoms with Crippen LogP contribution in [0.5, 0.6) is 0 Å². The summed E-state index contributed by atoms with van der Waals surface area (Å²) in [5.74, 6) is 0.132. The number of rotatable bonds is 1. The number of carbonyl (C=O) groups excluding carboxylic acids is 1. The molecule has 0 unspecified atom stereocenters. The van der Waals surface area contributed by atoms with E-state index in [1.54, 1.807) is 6.92 Å². The van der Waals surface area contributed by atoms with E-state index in [0.717, 1.165) is 18.5 Å². The normalized spacial score (nSPS) is 18.7. The van der Waals surface area contributed by atoms with E-state index in [9.17, 15) is 4.79 Å². The van der Waals surface area contributed by atoms with E-state index >= 15 is 0 Å². The molecule has 0 spiro atoms. The number of nitrogens with one attached hydrogen (secondary N) is 1. The van der Waals surface area contributed by atoms with E-state index in [4.69, 9.17) is 0 Å². The first-order valence-corrected chi connectivity index (χ1v) is 4.70. The SMILES string of the molecule is CC(=O)c1cc2c([nH]1)CC(C)(C)C2. The number of ketones is 1. The lowest BCUT2D eigenvalue weighted by Gasteiger charge is -2.15. The fourth-order valence-electron chi connectivity index (χ4n) is 2.10. The minimum absolute atomic E-state index is 0.132. The lowest BCUT2D eigenvalue weighted by molar-refractivity contribution is 0.101. The molecule has 1 aromatic rings. The third-order valence-electron chi connectivity index (χ3n) is 2.70. The first-order valence-electron chi connectivity index (χ1n) is 4.70. The molecule has 0 saturated heterocycles. The van der Waals surface area contributed by atoms with Gasteiger partial charge in [-0.2, -0.15) is 0 Å². The van der Waals surface area contributed by atoms with Gasteiger partial charge in [0.15, 0.2) is 5.78 Å². The molecule has 1 aliphatic carbocycles. The summed E-state index contributed by atoms with van der Waals surface area (Å²) in [6.07, 6.45) is 2.15. The molecule has 0 radical (unpaired) electrons. The fourth-order valence-corrected chi connectivity index (χ4v) is 2.10. The summed E-state index contributed by atoms with van der Waals surface area (Å²) in [4.78, 5) is 14.3. The van der Waals surface area contributed by atoms with Crippen LogP contribution in [0.25, 0.3) is 0 Å². The average Bonchev–Trinajstić information content (AvgIpc) is 2.39. The Morgan fingerprint density at radius 2 is 2.15 bits per heavy atom. The molecule has 1 aliphatic rings. The van der Waals surface area contributed by atoms with E-state index in [1.807, 2.05) is 6.07 Å². The van der Waals surface area contributed by atoms with Gasteiger partial charge in [0.2, 0.25) is 0 Å². The Morgan fingerprint density at radius 1 is 1.46 bits per heavy atom. The van der Waals surface area contributed by atoms with Gasteiger partial charge >= 0.3 is 0 Å². The summed E-state index contributed by atoms with van der Waals surface area (Å²) in [6, 6.07) is 2.01.